The standard InChI is InChI=1S/C31H38N4O2/c1-33(2)17-14-32-20-24-18-22-10-6-11-26-29(22)34(24)15-7-16-35-27-19-23(31(36)37)12-13-25(27)28(30(26)35)21-8-4-3-5-9-21/h6,10-13,18-19,21,32H,3-5,7-9,14-17,20H2,1-2H3,(H,36,37). The lowest BCUT2D eigenvalue weighted by atomic mass is 9.81. The first-order valence-corrected chi connectivity index (χ1v) is 13.9. The van der Waals surface area contributed by atoms with Crippen LogP contribution >= 0.6 is 0 Å². The average molecular weight is 499 g/mol. The maximum atomic E-state index is 11.9. The molecule has 0 radical (unpaired) electrons. The van der Waals surface area contributed by atoms with E-state index in [-0.39, 0.29) is 0 Å². The molecule has 0 atom stereocenters. The summed E-state index contributed by atoms with van der Waals surface area (Å²) in [4.78, 5) is 14.1. The molecule has 6 heteroatoms. The second-order valence-electron chi connectivity index (χ2n) is 11.2. The summed E-state index contributed by atoms with van der Waals surface area (Å²) in [5.74, 6) is -0.335. The molecule has 2 N–H and O–H groups in total. The summed E-state index contributed by atoms with van der Waals surface area (Å²) in [7, 11) is 4.22. The number of fused-ring (bicyclic) bond motifs is 4. The van der Waals surface area contributed by atoms with E-state index in [2.05, 4.69) is 63.8 Å². The van der Waals surface area contributed by atoms with Gasteiger partial charge in [0.1, 0.15) is 0 Å². The number of carbonyl (C=O) groups is 1. The lowest BCUT2D eigenvalue weighted by Crippen LogP contribution is -2.27. The molecule has 194 valence electrons. The van der Waals surface area contributed by atoms with Gasteiger partial charge in [0.25, 0.3) is 0 Å². The molecule has 6 rings (SSSR count). The summed E-state index contributed by atoms with van der Waals surface area (Å²) in [5.41, 5.74) is 8.19. The van der Waals surface area contributed by atoms with Gasteiger partial charge in [0.2, 0.25) is 0 Å². The second-order valence-corrected chi connectivity index (χ2v) is 11.2. The number of benzene rings is 2. The number of hydrogen-bond donors (Lipinski definition) is 2. The Morgan fingerprint density at radius 1 is 1.03 bits per heavy atom. The number of likely N-dealkylation sites (N-methyl/N-ethyl adjacent to an activating group) is 1. The first-order chi connectivity index (χ1) is 18.0. The zero-order valence-electron chi connectivity index (χ0n) is 22.1. The smallest absolute Gasteiger partial charge is 0.335 e. The van der Waals surface area contributed by atoms with Gasteiger partial charge in [-0.1, -0.05) is 43.5 Å². The van der Waals surface area contributed by atoms with Crippen molar-refractivity contribution < 1.29 is 9.90 Å². The van der Waals surface area contributed by atoms with Gasteiger partial charge in [0.15, 0.2) is 0 Å². The van der Waals surface area contributed by atoms with Gasteiger partial charge in [-0.15, -0.1) is 0 Å². The molecule has 4 aromatic rings. The fourth-order valence-corrected chi connectivity index (χ4v) is 6.72. The lowest BCUT2D eigenvalue weighted by molar-refractivity contribution is 0.0697. The average Bonchev–Trinajstić information content (AvgIpc) is 3.40. The van der Waals surface area contributed by atoms with E-state index in [9.17, 15) is 9.90 Å². The minimum Gasteiger partial charge on any atom is -0.478 e. The zero-order chi connectivity index (χ0) is 25.5. The summed E-state index contributed by atoms with van der Waals surface area (Å²) in [6.45, 7) is 4.70. The Morgan fingerprint density at radius 3 is 2.62 bits per heavy atom. The number of aryl methyl sites for hydroxylation is 2. The molecule has 1 aliphatic heterocycles. The highest BCUT2D eigenvalue weighted by atomic mass is 16.4. The number of aromatic carboxylic acids is 1. The molecule has 1 aliphatic carbocycles. The van der Waals surface area contributed by atoms with Crippen LogP contribution in [-0.2, 0) is 19.6 Å². The fourth-order valence-electron chi connectivity index (χ4n) is 6.72. The molecule has 0 bridgehead atoms. The molecule has 2 aromatic heterocycles. The number of carboxylic acids is 1. The monoisotopic (exact) mass is 498 g/mol. The van der Waals surface area contributed by atoms with Crippen molar-refractivity contribution in [2.45, 2.75) is 64.1 Å². The van der Waals surface area contributed by atoms with Crippen LogP contribution in [0.2, 0.25) is 0 Å². The Balaban J connectivity index is 1.55. The van der Waals surface area contributed by atoms with Crippen molar-refractivity contribution in [2.24, 2.45) is 0 Å². The Morgan fingerprint density at radius 2 is 1.84 bits per heavy atom. The van der Waals surface area contributed by atoms with Crippen molar-refractivity contribution in [3.63, 3.8) is 0 Å². The summed E-state index contributed by atoms with van der Waals surface area (Å²) in [5, 5.41) is 15.9. The minimum atomic E-state index is -0.857. The van der Waals surface area contributed by atoms with Gasteiger partial charge in [0.05, 0.1) is 16.8 Å². The summed E-state index contributed by atoms with van der Waals surface area (Å²) >= 11 is 0. The van der Waals surface area contributed by atoms with Gasteiger partial charge in [-0.2, -0.15) is 0 Å². The lowest BCUT2D eigenvalue weighted by Gasteiger charge is -2.25. The second kappa shape index (κ2) is 9.99. The molecule has 0 unspecified atom stereocenters. The molecule has 3 heterocycles. The van der Waals surface area contributed by atoms with Gasteiger partial charge in [-0.25, -0.2) is 4.79 Å². The topological polar surface area (TPSA) is 62.4 Å². The van der Waals surface area contributed by atoms with Crippen LogP contribution in [0.3, 0.4) is 0 Å². The van der Waals surface area contributed by atoms with Crippen molar-refractivity contribution in [1.82, 2.24) is 19.4 Å². The third-order valence-corrected chi connectivity index (χ3v) is 8.43. The van der Waals surface area contributed by atoms with Gasteiger partial charge in [-0.05, 0) is 63.0 Å². The van der Waals surface area contributed by atoms with Crippen molar-refractivity contribution in [3.8, 4) is 11.3 Å². The zero-order valence-corrected chi connectivity index (χ0v) is 22.1. The maximum absolute atomic E-state index is 11.9. The number of nitrogens with zero attached hydrogens (tertiary/aromatic N) is 3. The van der Waals surface area contributed by atoms with Crippen molar-refractivity contribution in [1.29, 1.82) is 0 Å². The number of rotatable bonds is 7. The quantitative estimate of drug-likeness (QED) is 0.304. The van der Waals surface area contributed by atoms with Crippen LogP contribution < -0.4 is 5.32 Å². The van der Waals surface area contributed by atoms with E-state index in [1.54, 1.807) is 6.07 Å². The summed E-state index contributed by atoms with van der Waals surface area (Å²) in [6.07, 6.45) is 7.30. The highest BCUT2D eigenvalue weighted by molar-refractivity contribution is 6.02. The molecule has 1 saturated carbocycles. The van der Waals surface area contributed by atoms with Gasteiger partial charge in [0, 0.05) is 60.3 Å². The van der Waals surface area contributed by atoms with E-state index < -0.39 is 5.97 Å². The Labute approximate surface area is 218 Å². The predicted octanol–water partition coefficient (Wildman–Crippen LogP) is 6.06. The van der Waals surface area contributed by atoms with Crippen LogP contribution in [-0.4, -0.2) is 52.3 Å². The van der Waals surface area contributed by atoms with Crippen LogP contribution in [0.15, 0.2) is 42.5 Å². The SMILES string of the molecule is CN(C)CCNCc1cc2cccc3c2n1CCCn1c-3c(C2CCCCC2)c2ccc(C(=O)O)cc21. The van der Waals surface area contributed by atoms with E-state index >= 15 is 0 Å². The normalized spacial score (nSPS) is 16.3. The van der Waals surface area contributed by atoms with Gasteiger partial charge >= 0.3 is 5.97 Å². The van der Waals surface area contributed by atoms with Crippen LogP contribution in [0.5, 0.6) is 0 Å². The third-order valence-electron chi connectivity index (χ3n) is 8.43. The van der Waals surface area contributed by atoms with E-state index in [1.165, 1.54) is 70.9 Å². The highest BCUT2D eigenvalue weighted by Crippen LogP contribution is 2.46. The Hall–Kier alpha value is -3.09. The fraction of sp³-hybridized carbons (Fsp3) is 0.452. The minimum absolute atomic E-state index is 0.373. The number of para-hydroxylation sites is 1. The largest absolute Gasteiger partial charge is 0.478 e. The van der Waals surface area contributed by atoms with Crippen molar-refractivity contribution >= 4 is 27.8 Å². The predicted molar refractivity (Wildman–Crippen MR) is 151 cm³/mol. The molecular weight excluding hydrogens is 460 g/mol. The number of aromatic nitrogens is 2. The molecule has 37 heavy (non-hydrogen) atoms. The summed E-state index contributed by atoms with van der Waals surface area (Å²) in [6, 6.07) is 14.9. The first kappa shape index (κ1) is 24.3. The highest BCUT2D eigenvalue weighted by Gasteiger charge is 2.29. The molecule has 0 amide bonds. The van der Waals surface area contributed by atoms with E-state index in [4.69, 9.17) is 0 Å². The number of hydrogen-bond acceptors (Lipinski definition) is 3. The summed E-state index contributed by atoms with van der Waals surface area (Å²) < 4.78 is 4.99. The molecule has 0 saturated heterocycles. The van der Waals surface area contributed by atoms with Crippen LogP contribution in [0, 0.1) is 0 Å². The Kier molecular flexibility index (Phi) is 6.55. The third kappa shape index (κ3) is 4.36. The van der Waals surface area contributed by atoms with E-state index in [0.29, 0.717) is 11.5 Å². The van der Waals surface area contributed by atoms with E-state index in [0.717, 1.165) is 44.7 Å². The van der Waals surface area contributed by atoms with Crippen LogP contribution in [0.25, 0.3) is 33.1 Å². The molecule has 1 fully saturated rings. The number of carboxylic acid groups (broad SMARTS) is 1. The first-order valence-electron chi connectivity index (χ1n) is 13.9. The van der Waals surface area contributed by atoms with Crippen molar-refractivity contribution in [3.05, 3.63) is 59.3 Å². The van der Waals surface area contributed by atoms with Gasteiger partial charge in [-0.3, -0.25) is 0 Å². The van der Waals surface area contributed by atoms with E-state index in [1.807, 2.05) is 6.07 Å². The van der Waals surface area contributed by atoms with Crippen LogP contribution in [0.1, 0.15) is 66.1 Å². The molecule has 6 nitrogen and oxygen atoms in total. The van der Waals surface area contributed by atoms with Crippen molar-refractivity contribution in [2.75, 3.05) is 27.2 Å². The Bertz CT molecular complexity index is 1460. The molecule has 2 aromatic carbocycles. The molecule has 2 aliphatic rings. The van der Waals surface area contributed by atoms with Gasteiger partial charge < -0.3 is 24.5 Å². The number of nitrogens with one attached hydrogen (secondary N) is 1. The maximum Gasteiger partial charge on any atom is 0.335 e. The molecule has 0 spiro atoms. The molecular formula is C31H38N4O2. The van der Waals surface area contributed by atoms with Crippen LogP contribution in [0.4, 0.5) is 0 Å².